The summed E-state index contributed by atoms with van der Waals surface area (Å²) in [5.41, 5.74) is 0.575. The lowest BCUT2D eigenvalue weighted by Gasteiger charge is -2.06. The number of hydrogen-bond acceptors (Lipinski definition) is 2. The first-order chi connectivity index (χ1) is 9.56. The first-order valence-corrected chi connectivity index (χ1v) is 6.39. The van der Waals surface area contributed by atoms with Crippen LogP contribution in [0.25, 0.3) is 22.3 Å². The van der Waals surface area contributed by atoms with Crippen LogP contribution in [0.15, 0.2) is 36.4 Å². The van der Waals surface area contributed by atoms with Gasteiger partial charge in [-0.15, -0.1) is 0 Å². The molecule has 0 unspecified atom stereocenters. The van der Waals surface area contributed by atoms with E-state index in [9.17, 15) is 8.78 Å². The molecular weight excluding hydrogens is 305 g/mol. The molecule has 3 aromatic rings. The predicted octanol–water partition coefficient (Wildman–Crippen LogP) is 4.88. The van der Waals surface area contributed by atoms with E-state index < -0.39 is 11.6 Å². The summed E-state index contributed by atoms with van der Waals surface area (Å²) in [5.74, 6) is -0.953. The van der Waals surface area contributed by atoms with Crippen LogP contribution in [0.2, 0.25) is 10.2 Å². The second kappa shape index (κ2) is 4.96. The Bertz CT molecular complexity index is 822. The summed E-state index contributed by atoms with van der Waals surface area (Å²) in [6.45, 7) is 0. The van der Waals surface area contributed by atoms with Crippen molar-refractivity contribution in [3.63, 3.8) is 0 Å². The van der Waals surface area contributed by atoms with Crippen molar-refractivity contribution in [2.75, 3.05) is 0 Å². The van der Waals surface area contributed by atoms with Gasteiger partial charge in [0.25, 0.3) is 0 Å². The Morgan fingerprint density at radius 1 is 0.950 bits per heavy atom. The van der Waals surface area contributed by atoms with Gasteiger partial charge in [-0.2, -0.15) is 0 Å². The minimum Gasteiger partial charge on any atom is -0.228 e. The van der Waals surface area contributed by atoms with E-state index in [2.05, 4.69) is 9.97 Å². The highest BCUT2D eigenvalue weighted by atomic mass is 35.5. The maximum Gasteiger partial charge on any atom is 0.164 e. The van der Waals surface area contributed by atoms with Gasteiger partial charge in [-0.3, -0.25) is 0 Å². The first-order valence-electron chi connectivity index (χ1n) is 5.63. The molecule has 20 heavy (non-hydrogen) atoms. The monoisotopic (exact) mass is 310 g/mol. The van der Waals surface area contributed by atoms with Gasteiger partial charge in [0, 0.05) is 5.39 Å². The molecule has 0 saturated carbocycles. The second-order valence-electron chi connectivity index (χ2n) is 4.10. The van der Waals surface area contributed by atoms with Gasteiger partial charge in [-0.05, 0) is 30.3 Å². The highest BCUT2D eigenvalue weighted by molar-refractivity contribution is 6.34. The van der Waals surface area contributed by atoms with Crippen LogP contribution in [-0.4, -0.2) is 9.97 Å². The van der Waals surface area contributed by atoms with Crippen molar-refractivity contribution in [1.82, 2.24) is 9.97 Å². The number of nitrogens with zero attached hydrogens (tertiary/aromatic N) is 2. The van der Waals surface area contributed by atoms with E-state index in [1.165, 1.54) is 30.3 Å². The van der Waals surface area contributed by atoms with E-state index >= 15 is 0 Å². The molecule has 0 bridgehead atoms. The largest absolute Gasteiger partial charge is 0.228 e. The van der Waals surface area contributed by atoms with Crippen LogP contribution in [0.3, 0.4) is 0 Å². The van der Waals surface area contributed by atoms with E-state index in [1.54, 1.807) is 6.07 Å². The molecule has 2 aromatic carbocycles. The molecule has 0 saturated heterocycles. The maximum absolute atomic E-state index is 14.0. The standard InChI is InChI=1S/C14H6Cl2F2N2/c15-10-3-1-2-8(12(10)18)14-19-11-5-4-7(17)6-9(11)13(16)20-14/h1-6H. The summed E-state index contributed by atoms with van der Waals surface area (Å²) in [4.78, 5) is 8.19. The lowest BCUT2D eigenvalue weighted by molar-refractivity contribution is 0.628. The van der Waals surface area contributed by atoms with Gasteiger partial charge in [-0.1, -0.05) is 29.3 Å². The molecule has 0 aliphatic carbocycles. The highest BCUT2D eigenvalue weighted by Gasteiger charge is 2.14. The molecule has 0 spiro atoms. The van der Waals surface area contributed by atoms with Crippen LogP contribution in [0.1, 0.15) is 0 Å². The lowest BCUT2D eigenvalue weighted by Crippen LogP contribution is -1.95. The number of hydrogen-bond donors (Lipinski definition) is 0. The van der Waals surface area contributed by atoms with E-state index in [1.807, 2.05) is 0 Å². The van der Waals surface area contributed by atoms with Crippen LogP contribution >= 0.6 is 23.2 Å². The van der Waals surface area contributed by atoms with E-state index in [4.69, 9.17) is 23.2 Å². The number of benzene rings is 2. The van der Waals surface area contributed by atoms with Crippen molar-refractivity contribution in [3.8, 4) is 11.4 Å². The van der Waals surface area contributed by atoms with Crippen molar-refractivity contribution >= 4 is 34.1 Å². The van der Waals surface area contributed by atoms with Crippen molar-refractivity contribution in [3.05, 3.63) is 58.2 Å². The predicted molar refractivity (Wildman–Crippen MR) is 74.9 cm³/mol. The molecule has 100 valence electrons. The van der Waals surface area contributed by atoms with Crippen LogP contribution in [0, 0.1) is 11.6 Å². The van der Waals surface area contributed by atoms with Crippen LogP contribution in [0.5, 0.6) is 0 Å². The highest BCUT2D eigenvalue weighted by Crippen LogP contribution is 2.29. The van der Waals surface area contributed by atoms with Crippen LogP contribution < -0.4 is 0 Å². The summed E-state index contributed by atoms with van der Waals surface area (Å²) >= 11 is 11.7. The van der Waals surface area contributed by atoms with Gasteiger partial charge in [0.15, 0.2) is 11.6 Å². The molecule has 0 atom stereocenters. The third kappa shape index (κ3) is 2.21. The third-order valence-corrected chi connectivity index (χ3v) is 3.38. The third-order valence-electron chi connectivity index (χ3n) is 2.80. The minimum atomic E-state index is -0.619. The van der Waals surface area contributed by atoms with Crippen molar-refractivity contribution < 1.29 is 8.78 Å². The fourth-order valence-electron chi connectivity index (χ4n) is 1.86. The van der Waals surface area contributed by atoms with Gasteiger partial charge < -0.3 is 0 Å². The van der Waals surface area contributed by atoms with E-state index in [0.717, 1.165) is 0 Å². The normalized spacial score (nSPS) is 11.0. The molecule has 6 heteroatoms. The van der Waals surface area contributed by atoms with Gasteiger partial charge >= 0.3 is 0 Å². The Morgan fingerprint density at radius 3 is 2.55 bits per heavy atom. The van der Waals surface area contributed by atoms with E-state index in [-0.39, 0.29) is 21.6 Å². The molecule has 0 fully saturated rings. The van der Waals surface area contributed by atoms with E-state index in [0.29, 0.717) is 10.9 Å². The Kier molecular flexibility index (Phi) is 3.28. The zero-order valence-corrected chi connectivity index (χ0v) is 11.4. The Labute approximate surface area is 123 Å². The topological polar surface area (TPSA) is 25.8 Å². The van der Waals surface area contributed by atoms with Crippen molar-refractivity contribution in [2.45, 2.75) is 0 Å². The molecule has 0 N–H and O–H groups in total. The number of rotatable bonds is 1. The van der Waals surface area contributed by atoms with Gasteiger partial charge in [0.1, 0.15) is 11.0 Å². The van der Waals surface area contributed by atoms with Crippen LogP contribution in [0.4, 0.5) is 8.78 Å². The van der Waals surface area contributed by atoms with Crippen LogP contribution in [-0.2, 0) is 0 Å². The quantitative estimate of drug-likeness (QED) is 0.598. The van der Waals surface area contributed by atoms with Gasteiger partial charge in [0.05, 0.1) is 16.1 Å². The smallest absolute Gasteiger partial charge is 0.164 e. The molecule has 2 nitrogen and oxygen atoms in total. The average molecular weight is 311 g/mol. The van der Waals surface area contributed by atoms with Crippen molar-refractivity contribution in [1.29, 1.82) is 0 Å². The zero-order valence-electron chi connectivity index (χ0n) is 9.87. The average Bonchev–Trinajstić information content (AvgIpc) is 2.42. The Balaban J connectivity index is 2.28. The Hall–Kier alpha value is -1.78. The SMILES string of the molecule is Fc1ccc2nc(-c3cccc(Cl)c3F)nc(Cl)c2c1. The summed E-state index contributed by atoms with van der Waals surface area (Å²) in [7, 11) is 0. The molecule has 1 heterocycles. The summed E-state index contributed by atoms with van der Waals surface area (Å²) in [6, 6.07) is 8.47. The molecule has 1 aromatic heterocycles. The number of fused-ring (bicyclic) bond motifs is 1. The number of halogens is 4. The summed E-state index contributed by atoms with van der Waals surface area (Å²) in [6.07, 6.45) is 0. The number of aromatic nitrogens is 2. The minimum absolute atomic E-state index is 0.0265. The maximum atomic E-state index is 14.0. The molecule has 0 radical (unpaired) electrons. The van der Waals surface area contributed by atoms with Gasteiger partial charge in [-0.25, -0.2) is 18.7 Å². The molecule has 0 aliphatic heterocycles. The first kappa shape index (κ1) is 13.2. The zero-order chi connectivity index (χ0) is 14.3. The second-order valence-corrected chi connectivity index (χ2v) is 4.87. The molecular formula is C14H6Cl2F2N2. The van der Waals surface area contributed by atoms with Crippen molar-refractivity contribution in [2.24, 2.45) is 0 Å². The fraction of sp³-hybridized carbons (Fsp3) is 0. The Morgan fingerprint density at radius 2 is 1.75 bits per heavy atom. The molecule has 3 rings (SSSR count). The summed E-state index contributed by atoms with van der Waals surface area (Å²) < 4.78 is 27.1. The lowest BCUT2D eigenvalue weighted by atomic mass is 10.2. The van der Waals surface area contributed by atoms with Gasteiger partial charge in [0.2, 0.25) is 0 Å². The molecule has 0 amide bonds. The fourth-order valence-corrected chi connectivity index (χ4v) is 2.27. The molecule has 0 aliphatic rings. The summed E-state index contributed by atoms with van der Waals surface area (Å²) in [5, 5.41) is 0.406.